The van der Waals surface area contributed by atoms with Crippen LogP contribution in [0.4, 0.5) is 0 Å². The Balaban J connectivity index is 3.07. The Labute approximate surface area is 66.7 Å². The number of nitrogens with one attached hydrogen (secondary N) is 1. The molecule has 0 aliphatic carbocycles. The minimum atomic E-state index is -1.25. The lowest BCUT2D eigenvalue weighted by molar-refractivity contribution is 0.185. The molecule has 4 N–H and O–H groups in total. The van der Waals surface area contributed by atoms with Crippen LogP contribution in [0, 0.1) is 0 Å². The molecule has 64 valence electrons. The Morgan fingerprint density at radius 2 is 2.18 bits per heavy atom. The van der Waals surface area contributed by atoms with Crippen LogP contribution in [0.3, 0.4) is 0 Å². The Morgan fingerprint density at radius 1 is 1.55 bits per heavy atom. The lowest BCUT2D eigenvalue weighted by Crippen LogP contribution is -2.28. The zero-order valence-electron chi connectivity index (χ0n) is 6.40. The molecule has 0 radical (unpaired) electrons. The van der Waals surface area contributed by atoms with Crippen molar-refractivity contribution in [3.63, 3.8) is 0 Å². The molecule has 0 saturated carbocycles. The number of aliphatic hydroxyl groups excluding tert-OH is 1. The van der Waals surface area contributed by atoms with Crippen LogP contribution in [0.2, 0.25) is 6.32 Å². The summed E-state index contributed by atoms with van der Waals surface area (Å²) in [6.07, 6.45) is 1.60. The summed E-state index contributed by atoms with van der Waals surface area (Å²) in [5, 5.41) is 28.4. The van der Waals surface area contributed by atoms with E-state index in [0.29, 0.717) is 19.3 Å². The summed E-state index contributed by atoms with van der Waals surface area (Å²) in [7, 11) is -1.25. The summed E-state index contributed by atoms with van der Waals surface area (Å²) in [5.74, 6) is 0. The van der Waals surface area contributed by atoms with Gasteiger partial charge < -0.3 is 15.2 Å². The van der Waals surface area contributed by atoms with Gasteiger partial charge in [0.25, 0.3) is 0 Å². The van der Waals surface area contributed by atoms with Crippen molar-refractivity contribution >= 4 is 7.12 Å². The van der Waals surface area contributed by atoms with E-state index < -0.39 is 13.3 Å². The van der Waals surface area contributed by atoms with Gasteiger partial charge in [0.05, 0.1) is 0 Å². The van der Waals surface area contributed by atoms with E-state index in [1.165, 1.54) is 6.08 Å². The van der Waals surface area contributed by atoms with Gasteiger partial charge in [-0.25, -0.2) is 0 Å². The van der Waals surface area contributed by atoms with Gasteiger partial charge in [0.2, 0.25) is 0 Å². The molecule has 11 heavy (non-hydrogen) atoms. The van der Waals surface area contributed by atoms with E-state index in [1.54, 1.807) is 0 Å². The second-order valence-corrected chi connectivity index (χ2v) is 2.26. The molecule has 0 aliphatic rings. The van der Waals surface area contributed by atoms with Crippen LogP contribution in [0.25, 0.3) is 0 Å². The van der Waals surface area contributed by atoms with Gasteiger partial charge >= 0.3 is 7.12 Å². The summed E-state index contributed by atoms with van der Waals surface area (Å²) < 4.78 is 0. The molecule has 0 rings (SSSR count). The number of rotatable bonds is 6. The minimum absolute atomic E-state index is 0.316. The lowest BCUT2D eigenvalue weighted by atomic mass is 9.84. The second-order valence-electron chi connectivity index (χ2n) is 2.26. The molecule has 4 nitrogen and oxygen atoms in total. The normalized spacial score (nSPS) is 12.6. The third kappa shape index (κ3) is 7.54. The number of hydrogen-bond donors (Lipinski definition) is 4. The van der Waals surface area contributed by atoms with Crippen molar-refractivity contribution < 1.29 is 15.2 Å². The van der Waals surface area contributed by atoms with Crippen molar-refractivity contribution in [2.75, 3.05) is 6.54 Å². The predicted octanol–water partition coefficient (Wildman–Crippen LogP) is -1.06. The van der Waals surface area contributed by atoms with Gasteiger partial charge in [-0.2, -0.15) is 0 Å². The maximum Gasteiger partial charge on any atom is 0.451 e. The molecule has 0 saturated heterocycles. The highest BCUT2D eigenvalue weighted by Crippen LogP contribution is 1.90. The third-order valence-corrected chi connectivity index (χ3v) is 1.22. The Morgan fingerprint density at radius 3 is 2.64 bits per heavy atom. The lowest BCUT2D eigenvalue weighted by Gasteiger charge is -2.06. The van der Waals surface area contributed by atoms with Gasteiger partial charge in [-0.3, -0.25) is 5.32 Å². The molecule has 0 bridgehead atoms. The first-order chi connectivity index (χ1) is 5.16. The van der Waals surface area contributed by atoms with Crippen molar-refractivity contribution in [3.8, 4) is 0 Å². The zero-order valence-corrected chi connectivity index (χ0v) is 6.40. The molecule has 0 unspecified atom stereocenters. The van der Waals surface area contributed by atoms with Crippen molar-refractivity contribution in [3.05, 3.63) is 12.7 Å². The van der Waals surface area contributed by atoms with Crippen LogP contribution >= 0.6 is 0 Å². The highest BCUT2D eigenvalue weighted by molar-refractivity contribution is 6.40. The average Bonchev–Trinajstić information content (AvgIpc) is 1.97. The fraction of sp³-hybridized carbons (Fsp3) is 0.667. The van der Waals surface area contributed by atoms with Crippen molar-refractivity contribution in [1.29, 1.82) is 0 Å². The predicted molar refractivity (Wildman–Crippen MR) is 43.8 cm³/mol. The Hall–Kier alpha value is -0.355. The smallest absolute Gasteiger partial charge is 0.427 e. The largest absolute Gasteiger partial charge is 0.451 e. The summed E-state index contributed by atoms with van der Waals surface area (Å²) in [6, 6.07) is 0. The maximum absolute atomic E-state index is 8.87. The SMILES string of the molecule is C=C[C@@H](O)NCCCB(O)O. The summed E-state index contributed by atoms with van der Waals surface area (Å²) in [5.41, 5.74) is 0. The van der Waals surface area contributed by atoms with Crippen LogP contribution in [-0.2, 0) is 0 Å². The summed E-state index contributed by atoms with van der Waals surface area (Å²) in [6.45, 7) is 3.91. The number of hydrogen-bond acceptors (Lipinski definition) is 4. The molecule has 5 heteroatoms. The quantitative estimate of drug-likeness (QED) is 0.172. The van der Waals surface area contributed by atoms with Crippen LogP contribution in [0.1, 0.15) is 6.42 Å². The molecular formula is C6H14BNO3. The van der Waals surface area contributed by atoms with Gasteiger partial charge in [-0.05, 0) is 25.4 Å². The molecular weight excluding hydrogens is 145 g/mol. The van der Waals surface area contributed by atoms with Gasteiger partial charge in [0, 0.05) is 0 Å². The van der Waals surface area contributed by atoms with Crippen molar-refractivity contribution in [2.24, 2.45) is 0 Å². The molecule has 0 spiro atoms. The standard InChI is InChI=1S/C6H14BNO3/c1-2-6(9)8-5-3-4-7(10)11/h2,6,8-11H,1,3-5H2/t6-/m1/s1. The Kier molecular flexibility index (Phi) is 6.16. The molecule has 1 atom stereocenters. The molecule has 0 aromatic rings. The first-order valence-electron chi connectivity index (χ1n) is 3.57. The van der Waals surface area contributed by atoms with Crippen LogP contribution in [0.5, 0.6) is 0 Å². The topological polar surface area (TPSA) is 72.7 Å². The van der Waals surface area contributed by atoms with E-state index in [1.807, 2.05) is 0 Å². The Bertz CT molecular complexity index is 110. The second kappa shape index (κ2) is 6.36. The van der Waals surface area contributed by atoms with E-state index in [4.69, 9.17) is 15.2 Å². The fourth-order valence-corrected chi connectivity index (χ4v) is 0.618. The van der Waals surface area contributed by atoms with Crippen LogP contribution in [0.15, 0.2) is 12.7 Å². The first kappa shape index (κ1) is 10.6. The highest BCUT2D eigenvalue weighted by Gasteiger charge is 2.05. The highest BCUT2D eigenvalue weighted by atomic mass is 16.4. The molecule has 0 aromatic carbocycles. The van der Waals surface area contributed by atoms with E-state index in [-0.39, 0.29) is 0 Å². The van der Waals surface area contributed by atoms with Gasteiger partial charge in [0.1, 0.15) is 6.23 Å². The fourth-order valence-electron chi connectivity index (χ4n) is 0.618. The maximum atomic E-state index is 8.87. The number of aliphatic hydroxyl groups is 1. The van der Waals surface area contributed by atoms with Gasteiger partial charge in [0.15, 0.2) is 0 Å². The zero-order chi connectivity index (χ0) is 8.69. The van der Waals surface area contributed by atoms with Crippen LogP contribution < -0.4 is 5.32 Å². The van der Waals surface area contributed by atoms with Crippen molar-refractivity contribution in [1.82, 2.24) is 5.32 Å². The molecule has 0 aromatic heterocycles. The summed E-state index contributed by atoms with van der Waals surface area (Å²) in [4.78, 5) is 0. The van der Waals surface area contributed by atoms with Gasteiger partial charge in [-0.1, -0.05) is 6.58 Å². The molecule has 0 amide bonds. The monoisotopic (exact) mass is 159 g/mol. The van der Waals surface area contributed by atoms with Crippen LogP contribution in [-0.4, -0.2) is 35.0 Å². The van der Waals surface area contributed by atoms with E-state index in [9.17, 15) is 0 Å². The minimum Gasteiger partial charge on any atom is -0.427 e. The summed E-state index contributed by atoms with van der Waals surface area (Å²) >= 11 is 0. The average molecular weight is 159 g/mol. The third-order valence-electron chi connectivity index (χ3n) is 1.22. The van der Waals surface area contributed by atoms with E-state index >= 15 is 0 Å². The molecule has 0 aliphatic heterocycles. The van der Waals surface area contributed by atoms with E-state index in [2.05, 4.69) is 11.9 Å². The van der Waals surface area contributed by atoms with Gasteiger partial charge in [-0.15, -0.1) is 0 Å². The first-order valence-corrected chi connectivity index (χ1v) is 3.57. The molecule has 0 fully saturated rings. The van der Waals surface area contributed by atoms with E-state index in [0.717, 1.165) is 0 Å². The molecule has 0 heterocycles. The van der Waals surface area contributed by atoms with Crippen molar-refractivity contribution in [2.45, 2.75) is 19.0 Å².